The molecule has 1 unspecified atom stereocenters. The molecule has 0 aromatic heterocycles. The molecule has 2 aliphatic heterocycles. The number of methoxy groups -OCH3 is 2. The third-order valence-corrected chi connectivity index (χ3v) is 7.21. The third kappa shape index (κ3) is 5.72. The normalized spacial score (nSPS) is 17.2. The second-order valence-corrected chi connectivity index (χ2v) is 9.66. The first-order valence-corrected chi connectivity index (χ1v) is 12.9. The number of anilines is 2. The molecule has 0 spiro atoms. The minimum absolute atomic E-state index is 0.0116. The predicted molar refractivity (Wildman–Crippen MR) is 146 cm³/mol. The molecule has 1 fully saturated rings. The lowest BCUT2D eigenvalue weighted by atomic mass is 9.97. The van der Waals surface area contributed by atoms with Gasteiger partial charge in [-0.1, -0.05) is 12.1 Å². The van der Waals surface area contributed by atoms with Crippen molar-refractivity contribution in [1.82, 2.24) is 4.90 Å². The average molecular weight is 573 g/mol. The van der Waals surface area contributed by atoms with Gasteiger partial charge < -0.3 is 29.3 Å². The Bertz CT molecular complexity index is 1470. The van der Waals surface area contributed by atoms with Crippen molar-refractivity contribution in [1.29, 1.82) is 0 Å². The molecule has 1 atom stereocenters. The van der Waals surface area contributed by atoms with Gasteiger partial charge in [0.05, 0.1) is 43.6 Å². The largest absolute Gasteiger partial charge is 0.497 e. The van der Waals surface area contributed by atoms with E-state index in [-0.39, 0.29) is 23.1 Å². The van der Waals surface area contributed by atoms with Crippen LogP contribution in [0, 0.1) is 5.82 Å². The summed E-state index contributed by atoms with van der Waals surface area (Å²) in [6.45, 7) is 1.91. The fraction of sp³-hybridized carbons (Fsp3) is 0.310. The fourth-order valence-corrected chi connectivity index (χ4v) is 5.23. The number of guanidine groups is 1. The van der Waals surface area contributed by atoms with Crippen LogP contribution in [0.4, 0.5) is 34.6 Å². The number of aliphatic imine (C=N–C) groups is 1. The molecule has 3 aromatic carbocycles. The van der Waals surface area contributed by atoms with Crippen LogP contribution in [0.15, 0.2) is 65.7 Å². The molecule has 41 heavy (non-hydrogen) atoms. The van der Waals surface area contributed by atoms with Crippen LogP contribution in [0.5, 0.6) is 11.5 Å². The Balaban J connectivity index is 1.60. The van der Waals surface area contributed by atoms with Gasteiger partial charge in [0.15, 0.2) is 0 Å². The third-order valence-electron chi connectivity index (χ3n) is 7.21. The smallest absolute Gasteiger partial charge is 0.416 e. The highest BCUT2D eigenvalue weighted by atomic mass is 19.4. The topological polar surface area (TPSA) is 77.8 Å². The number of alkyl halides is 3. The summed E-state index contributed by atoms with van der Waals surface area (Å²) in [7, 11) is 2.92. The van der Waals surface area contributed by atoms with Gasteiger partial charge in [0, 0.05) is 43.5 Å². The maximum atomic E-state index is 14.3. The van der Waals surface area contributed by atoms with Crippen molar-refractivity contribution < 1.29 is 36.9 Å². The fourth-order valence-electron chi connectivity index (χ4n) is 5.23. The quantitative estimate of drug-likeness (QED) is 0.380. The van der Waals surface area contributed by atoms with E-state index in [9.17, 15) is 27.5 Å². The van der Waals surface area contributed by atoms with Crippen molar-refractivity contribution in [3.05, 3.63) is 77.6 Å². The number of nitrogens with zero attached hydrogens (tertiary/aromatic N) is 4. The number of benzene rings is 3. The first-order chi connectivity index (χ1) is 19.6. The van der Waals surface area contributed by atoms with Gasteiger partial charge in [-0.25, -0.2) is 9.38 Å². The van der Waals surface area contributed by atoms with E-state index in [1.807, 2.05) is 29.2 Å². The highest BCUT2D eigenvalue weighted by Gasteiger charge is 2.39. The zero-order valence-electron chi connectivity index (χ0n) is 22.4. The monoisotopic (exact) mass is 572 g/mol. The molecule has 1 saturated heterocycles. The summed E-state index contributed by atoms with van der Waals surface area (Å²) < 4.78 is 66.5. The molecule has 0 bridgehead atoms. The molecule has 12 heteroatoms. The zero-order chi connectivity index (χ0) is 29.3. The number of carboxylic acid groups (broad SMARTS) is 1. The lowest BCUT2D eigenvalue weighted by molar-refractivity contribution is -0.138. The Morgan fingerprint density at radius 3 is 2.37 bits per heavy atom. The number of carboxylic acids is 1. The molecule has 0 aliphatic carbocycles. The molecule has 0 amide bonds. The molecule has 3 aromatic rings. The van der Waals surface area contributed by atoms with Crippen LogP contribution in [0.2, 0.25) is 0 Å². The Kier molecular flexibility index (Phi) is 7.65. The van der Waals surface area contributed by atoms with Gasteiger partial charge in [-0.3, -0.25) is 4.79 Å². The Hall–Kier alpha value is -4.48. The van der Waals surface area contributed by atoms with Crippen molar-refractivity contribution in [3.8, 4) is 11.5 Å². The average Bonchev–Trinajstić information content (AvgIpc) is 2.96. The maximum absolute atomic E-state index is 14.3. The zero-order valence-corrected chi connectivity index (χ0v) is 22.4. The molecule has 2 heterocycles. The van der Waals surface area contributed by atoms with Crippen LogP contribution in [-0.2, 0) is 11.0 Å². The summed E-state index contributed by atoms with van der Waals surface area (Å²) in [6, 6.07) is 13.5. The summed E-state index contributed by atoms with van der Waals surface area (Å²) in [6.07, 6.45) is -5.12. The van der Waals surface area contributed by atoms with Crippen LogP contribution in [0.3, 0.4) is 0 Å². The van der Waals surface area contributed by atoms with E-state index in [0.717, 1.165) is 17.8 Å². The highest BCUT2D eigenvalue weighted by Crippen LogP contribution is 2.45. The number of rotatable bonds is 6. The standard InChI is InChI=1S/C29H28F4N4O4/c1-40-21-5-3-4-20(16-21)35-10-12-36(13-11-35)28-34-23-15-19(30)7-8-22(23)24(17-27(38)39)37(28)25-14-18(29(31,32)33)6-9-26(25)41-2/h3-9,14-16,24H,10-13,17H2,1-2H3,(H,38,39). The van der Waals surface area contributed by atoms with Gasteiger partial charge in [-0.15, -0.1) is 0 Å². The van der Waals surface area contributed by atoms with Crippen LogP contribution < -0.4 is 19.3 Å². The van der Waals surface area contributed by atoms with Crippen LogP contribution >= 0.6 is 0 Å². The molecule has 2 aliphatic rings. The molecular formula is C29H28F4N4O4. The molecule has 0 radical (unpaired) electrons. The molecule has 8 nitrogen and oxygen atoms in total. The van der Waals surface area contributed by atoms with Crippen molar-refractivity contribution in [2.45, 2.75) is 18.6 Å². The number of aliphatic carboxylic acids is 1. The van der Waals surface area contributed by atoms with Gasteiger partial charge in [-0.2, -0.15) is 13.2 Å². The SMILES string of the molecule is COc1cccc(N2CCN(C3=Nc4cc(F)ccc4C(CC(=O)O)N3c3cc(C(F)(F)F)ccc3OC)CC2)c1. The van der Waals surface area contributed by atoms with Crippen molar-refractivity contribution in [2.24, 2.45) is 4.99 Å². The van der Waals surface area contributed by atoms with Gasteiger partial charge in [0.25, 0.3) is 0 Å². The molecular weight excluding hydrogens is 544 g/mol. The van der Waals surface area contributed by atoms with E-state index in [1.54, 1.807) is 7.11 Å². The maximum Gasteiger partial charge on any atom is 0.416 e. The van der Waals surface area contributed by atoms with Crippen LogP contribution in [0.1, 0.15) is 23.6 Å². The number of carbonyl (C=O) groups is 1. The van der Waals surface area contributed by atoms with E-state index in [4.69, 9.17) is 14.5 Å². The Morgan fingerprint density at radius 1 is 0.976 bits per heavy atom. The minimum Gasteiger partial charge on any atom is -0.497 e. The first-order valence-electron chi connectivity index (χ1n) is 12.9. The van der Waals surface area contributed by atoms with E-state index >= 15 is 0 Å². The summed E-state index contributed by atoms with van der Waals surface area (Å²) in [5.74, 6) is -0.697. The van der Waals surface area contributed by atoms with Gasteiger partial charge in [0.2, 0.25) is 5.96 Å². The molecule has 216 valence electrons. The van der Waals surface area contributed by atoms with E-state index < -0.39 is 36.0 Å². The van der Waals surface area contributed by atoms with E-state index in [0.29, 0.717) is 37.5 Å². The highest BCUT2D eigenvalue weighted by molar-refractivity contribution is 6.02. The van der Waals surface area contributed by atoms with Gasteiger partial charge in [-0.05, 0) is 42.5 Å². The Labute approximate surface area is 234 Å². The number of fused-ring (bicyclic) bond motifs is 1. The second kappa shape index (κ2) is 11.2. The van der Waals surface area contributed by atoms with Crippen molar-refractivity contribution in [2.75, 3.05) is 50.2 Å². The van der Waals surface area contributed by atoms with Crippen molar-refractivity contribution >= 4 is 29.0 Å². The number of ether oxygens (including phenoxy) is 2. The number of halogens is 4. The van der Waals surface area contributed by atoms with Crippen molar-refractivity contribution in [3.63, 3.8) is 0 Å². The number of piperazine rings is 1. The van der Waals surface area contributed by atoms with Gasteiger partial charge in [0.1, 0.15) is 17.3 Å². The summed E-state index contributed by atoms with van der Waals surface area (Å²) in [5.41, 5.74) is 0.643. The first kappa shape index (κ1) is 28.1. The van der Waals surface area contributed by atoms with E-state index in [1.165, 1.54) is 36.3 Å². The minimum atomic E-state index is -4.65. The second-order valence-electron chi connectivity index (χ2n) is 9.66. The Morgan fingerprint density at radius 2 is 1.71 bits per heavy atom. The summed E-state index contributed by atoms with van der Waals surface area (Å²) in [5, 5.41) is 9.84. The molecule has 5 rings (SSSR count). The van der Waals surface area contributed by atoms with Crippen LogP contribution in [0.25, 0.3) is 0 Å². The molecule has 0 saturated carbocycles. The summed E-state index contributed by atoms with van der Waals surface area (Å²) in [4.78, 5) is 22.2. The summed E-state index contributed by atoms with van der Waals surface area (Å²) >= 11 is 0. The lowest BCUT2D eigenvalue weighted by Crippen LogP contribution is -2.55. The van der Waals surface area contributed by atoms with Gasteiger partial charge >= 0.3 is 12.1 Å². The number of hydrogen-bond acceptors (Lipinski definition) is 7. The molecule has 1 N–H and O–H groups in total. The number of hydrogen-bond donors (Lipinski definition) is 1. The van der Waals surface area contributed by atoms with E-state index in [2.05, 4.69) is 4.90 Å². The predicted octanol–water partition coefficient (Wildman–Crippen LogP) is 5.71. The van der Waals surface area contributed by atoms with Crippen LogP contribution in [-0.4, -0.2) is 62.3 Å². The lowest BCUT2D eigenvalue weighted by Gasteiger charge is -2.45.